The molecule has 0 bridgehead atoms. The van der Waals surface area contributed by atoms with E-state index >= 15 is 0 Å². The minimum atomic E-state index is -0.606. The van der Waals surface area contributed by atoms with Crippen molar-refractivity contribution in [1.82, 2.24) is 14.9 Å². The molecule has 0 radical (unpaired) electrons. The van der Waals surface area contributed by atoms with Gasteiger partial charge < -0.3 is 16.9 Å². The second kappa shape index (κ2) is 7.36. The largest absolute Gasteiger partial charge is 0.366 e. The van der Waals surface area contributed by atoms with Crippen LogP contribution >= 0.6 is 23.1 Å². The molecule has 3 aromatic rings. The van der Waals surface area contributed by atoms with Crippen LogP contribution in [0.4, 0.5) is 5.69 Å². The highest BCUT2D eigenvalue weighted by Crippen LogP contribution is 2.25. The van der Waals surface area contributed by atoms with E-state index < -0.39 is 5.91 Å². The lowest BCUT2D eigenvalue weighted by Gasteiger charge is -2.08. The third kappa shape index (κ3) is 3.80. The van der Waals surface area contributed by atoms with Gasteiger partial charge in [-0.1, -0.05) is 30.0 Å². The Balaban J connectivity index is 1.65. The predicted molar refractivity (Wildman–Crippen MR) is 97.8 cm³/mol. The molecule has 128 valence electrons. The van der Waals surface area contributed by atoms with Crippen molar-refractivity contribution in [3.8, 4) is 10.7 Å². The molecule has 8 nitrogen and oxygen atoms in total. The monoisotopic (exact) mass is 374 g/mol. The first kappa shape index (κ1) is 17.0. The Labute approximate surface area is 151 Å². The zero-order valence-electron chi connectivity index (χ0n) is 12.9. The molecule has 0 aliphatic heterocycles. The van der Waals surface area contributed by atoms with Gasteiger partial charge in [0, 0.05) is 0 Å². The average Bonchev–Trinajstić information content (AvgIpc) is 3.23. The topological polar surface area (TPSA) is 129 Å². The van der Waals surface area contributed by atoms with Gasteiger partial charge in [-0.05, 0) is 23.6 Å². The zero-order valence-corrected chi connectivity index (χ0v) is 14.5. The number of thiophene rings is 1. The summed E-state index contributed by atoms with van der Waals surface area (Å²) in [4.78, 5) is 24.4. The van der Waals surface area contributed by atoms with Crippen molar-refractivity contribution in [1.29, 1.82) is 0 Å². The van der Waals surface area contributed by atoms with Crippen molar-refractivity contribution in [2.24, 2.45) is 5.73 Å². The molecule has 0 aliphatic rings. The van der Waals surface area contributed by atoms with Crippen molar-refractivity contribution in [3.05, 3.63) is 47.3 Å². The Hall–Kier alpha value is -2.85. The molecular weight excluding hydrogens is 360 g/mol. The summed E-state index contributed by atoms with van der Waals surface area (Å²) in [5.41, 5.74) is 5.91. The van der Waals surface area contributed by atoms with E-state index in [0.717, 1.165) is 16.6 Å². The van der Waals surface area contributed by atoms with E-state index in [1.807, 2.05) is 17.5 Å². The third-order valence-electron chi connectivity index (χ3n) is 3.21. The minimum Gasteiger partial charge on any atom is -0.366 e. The standard InChI is InChI=1S/C15H14N6O2S2/c16-13(23)9-4-1-2-5-10(9)18-12(22)8-25-15-20-19-14(21(15)17)11-6-3-7-24-11/h1-7H,8,17H2,(H2,16,23)(H,18,22). The minimum absolute atomic E-state index is 0.0624. The Kier molecular flexibility index (Phi) is 5.00. The average molecular weight is 374 g/mol. The summed E-state index contributed by atoms with van der Waals surface area (Å²) in [5, 5.41) is 13.0. The summed E-state index contributed by atoms with van der Waals surface area (Å²) < 4.78 is 1.35. The molecule has 2 heterocycles. The summed E-state index contributed by atoms with van der Waals surface area (Å²) in [7, 11) is 0. The number of carbonyl (C=O) groups excluding carboxylic acids is 2. The first-order valence-corrected chi connectivity index (χ1v) is 8.98. The van der Waals surface area contributed by atoms with Gasteiger partial charge in [0.25, 0.3) is 5.91 Å². The van der Waals surface area contributed by atoms with Gasteiger partial charge in [-0.15, -0.1) is 21.5 Å². The van der Waals surface area contributed by atoms with Crippen molar-refractivity contribution in [2.75, 3.05) is 16.9 Å². The molecule has 0 saturated carbocycles. The number of carbonyl (C=O) groups is 2. The number of benzene rings is 1. The Morgan fingerprint density at radius 2 is 2.00 bits per heavy atom. The molecule has 1 aromatic carbocycles. The number of rotatable bonds is 6. The van der Waals surface area contributed by atoms with Crippen molar-refractivity contribution in [2.45, 2.75) is 5.16 Å². The molecule has 10 heteroatoms. The van der Waals surface area contributed by atoms with E-state index in [0.29, 0.717) is 16.7 Å². The Morgan fingerprint density at radius 1 is 1.20 bits per heavy atom. The first-order chi connectivity index (χ1) is 12.1. The van der Waals surface area contributed by atoms with Crippen LogP contribution in [0, 0.1) is 0 Å². The van der Waals surface area contributed by atoms with E-state index in [4.69, 9.17) is 11.6 Å². The summed E-state index contributed by atoms with van der Waals surface area (Å²) in [6.45, 7) is 0. The van der Waals surface area contributed by atoms with Crippen LogP contribution in [0.5, 0.6) is 0 Å². The summed E-state index contributed by atoms with van der Waals surface area (Å²) >= 11 is 2.65. The molecule has 2 aromatic heterocycles. The molecule has 0 aliphatic carbocycles. The van der Waals surface area contributed by atoms with Crippen LogP contribution in [0.3, 0.4) is 0 Å². The normalized spacial score (nSPS) is 10.6. The van der Waals surface area contributed by atoms with E-state index in [9.17, 15) is 9.59 Å². The lowest BCUT2D eigenvalue weighted by molar-refractivity contribution is -0.113. The number of nitrogen functional groups attached to an aromatic ring is 1. The molecule has 0 spiro atoms. The molecule has 3 rings (SSSR count). The van der Waals surface area contributed by atoms with E-state index in [1.54, 1.807) is 24.3 Å². The van der Waals surface area contributed by atoms with Crippen LogP contribution in [0.1, 0.15) is 10.4 Å². The molecule has 0 unspecified atom stereocenters. The lowest BCUT2D eigenvalue weighted by Crippen LogP contribution is -2.20. The number of primary amides is 1. The number of aromatic nitrogens is 3. The maximum atomic E-state index is 12.1. The molecule has 0 saturated heterocycles. The number of hydrogen-bond acceptors (Lipinski definition) is 7. The van der Waals surface area contributed by atoms with Gasteiger partial charge >= 0.3 is 0 Å². The molecule has 2 amide bonds. The van der Waals surface area contributed by atoms with Crippen molar-refractivity contribution < 1.29 is 9.59 Å². The highest BCUT2D eigenvalue weighted by Gasteiger charge is 2.15. The number of nitrogens with one attached hydrogen (secondary N) is 1. The first-order valence-electron chi connectivity index (χ1n) is 7.12. The smallest absolute Gasteiger partial charge is 0.250 e. The van der Waals surface area contributed by atoms with Gasteiger partial charge in [0.05, 0.1) is 21.9 Å². The fourth-order valence-electron chi connectivity index (χ4n) is 2.07. The number of nitrogens with two attached hydrogens (primary N) is 2. The van der Waals surface area contributed by atoms with E-state index in [1.165, 1.54) is 16.0 Å². The quantitative estimate of drug-likeness (QED) is 0.443. The maximum absolute atomic E-state index is 12.1. The Morgan fingerprint density at radius 3 is 2.72 bits per heavy atom. The highest BCUT2D eigenvalue weighted by molar-refractivity contribution is 7.99. The van der Waals surface area contributed by atoms with Crippen LogP contribution < -0.4 is 16.9 Å². The lowest BCUT2D eigenvalue weighted by atomic mass is 10.1. The second-order valence-electron chi connectivity index (χ2n) is 4.90. The number of para-hydroxylation sites is 1. The highest BCUT2D eigenvalue weighted by atomic mass is 32.2. The molecular formula is C15H14N6O2S2. The van der Waals surface area contributed by atoms with E-state index in [2.05, 4.69) is 15.5 Å². The number of thioether (sulfide) groups is 1. The van der Waals surface area contributed by atoms with Crippen LogP contribution in [0.15, 0.2) is 46.9 Å². The fraction of sp³-hybridized carbons (Fsp3) is 0.0667. The maximum Gasteiger partial charge on any atom is 0.250 e. The van der Waals surface area contributed by atoms with Gasteiger partial charge in [0.1, 0.15) is 0 Å². The zero-order chi connectivity index (χ0) is 17.8. The SMILES string of the molecule is NC(=O)c1ccccc1NC(=O)CSc1nnc(-c2cccs2)n1N. The van der Waals surface area contributed by atoms with Crippen LogP contribution in [-0.4, -0.2) is 32.4 Å². The van der Waals surface area contributed by atoms with Gasteiger partial charge in [-0.25, -0.2) is 4.68 Å². The molecule has 5 N–H and O–H groups in total. The third-order valence-corrected chi connectivity index (χ3v) is 5.01. The molecule has 0 atom stereocenters. The van der Waals surface area contributed by atoms with E-state index in [-0.39, 0.29) is 17.2 Å². The number of hydrogen-bond donors (Lipinski definition) is 3. The van der Waals surface area contributed by atoms with Gasteiger partial charge in [-0.3, -0.25) is 9.59 Å². The summed E-state index contributed by atoms with van der Waals surface area (Å²) in [5.74, 6) is 5.67. The van der Waals surface area contributed by atoms with Crippen molar-refractivity contribution in [3.63, 3.8) is 0 Å². The van der Waals surface area contributed by atoms with Gasteiger partial charge in [0.2, 0.25) is 11.1 Å². The predicted octanol–water partition coefficient (Wildman–Crippen LogP) is 1.55. The second-order valence-corrected chi connectivity index (χ2v) is 6.79. The molecule has 0 fully saturated rings. The number of amides is 2. The Bertz CT molecular complexity index is 907. The fourth-order valence-corrected chi connectivity index (χ4v) is 3.43. The summed E-state index contributed by atoms with van der Waals surface area (Å²) in [6, 6.07) is 10.3. The van der Waals surface area contributed by atoms with Crippen LogP contribution in [-0.2, 0) is 4.79 Å². The van der Waals surface area contributed by atoms with Gasteiger partial charge in [0.15, 0.2) is 5.82 Å². The number of anilines is 1. The van der Waals surface area contributed by atoms with Crippen molar-refractivity contribution >= 4 is 40.6 Å². The molecule has 25 heavy (non-hydrogen) atoms. The van der Waals surface area contributed by atoms with Crippen LogP contribution in [0.25, 0.3) is 10.7 Å². The summed E-state index contributed by atoms with van der Waals surface area (Å²) in [6.07, 6.45) is 0. The van der Waals surface area contributed by atoms with Gasteiger partial charge in [-0.2, -0.15) is 0 Å². The number of nitrogens with zero attached hydrogens (tertiary/aromatic N) is 3. The van der Waals surface area contributed by atoms with Crippen LogP contribution in [0.2, 0.25) is 0 Å².